The SMILES string of the molecule is O=C[C@H]1CC[C@@H](C2CC2)CC1. The minimum atomic E-state index is 0.407. The van der Waals surface area contributed by atoms with E-state index < -0.39 is 0 Å². The third-order valence-corrected chi connectivity index (χ3v) is 3.30. The third-order valence-electron chi connectivity index (χ3n) is 3.30. The standard InChI is InChI=1S/C10H16O/c11-7-8-1-3-9(4-2-8)10-5-6-10/h7-10H,1-6H2/t8-,9+. The highest BCUT2D eigenvalue weighted by Gasteiger charge is 2.33. The molecule has 11 heavy (non-hydrogen) atoms. The number of rotatable bonds is 2. The number of hydrogen-bond acceptors (Lipinski definition) is 1. The quantitative estimate of drug-likeness (QED) is 0.555. The maximum absolute atomic E-state index is 10.5. The molecule has 0 radical (unpaired) electrons. The predicted molar refractivity (Wildman–Crippen MR) is 44.2 cm³/mol. The van der Waals surface area contributed by atoms with Crippen LogP contribution < -0.4 is 0 Å². The topological polar surface area (TPSA) is 17.1 Å². The van der Waals surface area contributed by atoms with Crippen molar-refractivity contribution in [2.45, 2.75) is 38.5 Å². The molecule has 62 valence electrons. The molecule has 0 aromatic rings. The summed E-state index contributed by atoms with van der Waals surface area (Å²) >= 11 is 0. The van der Waals surface area contributed by atoms with E-state index in [9.17, 15) is 4.79 Å². The Morgan fingerprint density at radius 2 is 1.27 bits per heavy atom. The minimum Gasteiger partial charge on any atom is -0.303 e. The summed E-state index contributed by atoms with van der Waals surface area (Å²) in [6.07, 6.45) is 9.09. The summed E-state index contributed by atoms with van der Waals surface area (Å²) in [6.45, 7) is 0. The van der Waals surface area contributed by atoms with Crippen molar-refractivity contribution in [3.63, 3.8) is 0 Å². The molecular formula is C10H16O. The molecule has 0 bridgehead atoms. The summed E-state index contributed by atoms with van der Waals surface area (Å²) in [5.74, 6) is 2.46. The number of carbonyl (C=O) groups excluding carboxylic acids is 1. The van der Waals surface area contributed by atoms with Crippen LogP contribution in [0.3, 0.4) is 0 Å². The Balaban J connectivity index is 1.79. The van der Waals surface area contributed by atoms with E-state index in [0.717, 1.165) is 18.1 Å². The van der Waals surface area contributed by atoms with Gasteiger partial charge in [0.2, 0.25) is 0 Å². The molecule has 2 aliphatic rings. The Bertz CT molecular complexity index is 141. The normalized spacial score (nSPS) is 38.5. The van der Waals surface area contributed by atoms with E-state index in [-0.39, 0.29) is 0 Å². The maximum atomic E-state index is 10.5. The van der Waals surface area contributed by atoms with Crippen molar-refractivity contribution in [1.82, 2.24) is 0 Å². The van der Waals surface area contributed by atoms with Gasteiger partial charge in [-0.05, 0) is 50.4 Å². The van der Waals surface area contributed by atoms with E-state index in [0.29, 0.717) is 5.92 Å². The van der Waals surface area contributed by atoms with Gasteiger partial charge < -0.3 is 4.79 Å². The van der Waals surface area contributed by atoms with E-state index in [1.165, 1.54) is 38.5 Å². The molecule has 2 aliphatic carbocycles. The molecule has 2 saturated carbocycles. The first-order valence-corrected chi connectivity index (χ1v) is 4.85. The van der Waals surface area contributed by atoms with E-state index in [2.05, 4.69) is 0 Å². The molecule has 0 aromatic heterocycles. The van der Waals surface area contributed by atoms with Crippen LogP contribution in [-0.2, 0) is 4.79 Å². The lowest BCUT2D eigenvalue weighted by atomic mass is 9.80. The highest BCUT2D eigenvalue weighted by Crippen LogP contribution is 2.44. The second kappa shape index (κ2) is 2.96. The van der Waals surface area contributed by atoms with Crippen LogP contribution >= 0.6 is 0 Å². The lowest BCUT2D eigenvalue weighted by molar-refractivity contribution is -0.112. The van der Waals surface area contributed by atoms with Crippen LogP contribution in [0, 0.1) is 17.8 Å². The molecule has 1 heteroatoms. The molecule has 0 heterocycles. The van der Waals surface area contributed by atoms with Gasteiger partial charge >= 0.3 is 0 Å². The second-order valence-electron chi connectivity index (χ2n) is 4.15. The smallest absolute Gasteiger partial charge is 0.123 e. The van der Waals surface area contributed by atoms with Gasteiger partial charge in [-0.1, -0.05) is 0 Å². The van der Waals surface area contributed by atoms with E-state index in [4.69, 9.17) is 0 Å². The number of carbonyl (C=O) groups is 1. The molecule has 0 atom stereocenters. The van der Waals surface area contributed by atoms with E-state index in [1.807, 2.05) is 0 Å². The fraction of sp³-hybridized carbons (Fsp3) is 0.900. The van der Waals surface area contributed by atoms with Gasteiger partial charge in [-0.15, -0.1) is 0 Å². The molecule has 2 rings (SSSR count). The molecule has 0 amide bonds. The van der Waals surface area contributed by atoms with Gasteiger partial charge in [0.1, 0.15) is 6.29 Å². The third kappa shape index (κ3) is 1.63. The zero-order valence-corrected chi connectivity index (χ0v) is 6.96. The summed E-state index contributed by atoms with van der Waals surface area (Å²) in [5, 5.41) is 0. The van der Waals surface area contributed by atoms with Gasteiger partial charge in [0, 0.05) is 5.92 Å². The maximum Gasteiger partial charge on any atom is 0.123 e. The molecule has 2 fully saturated rings. The monoisotopic (exact) mass is 152 g/mol. The zero-order chi connectivity index (χ0) is 7.68. The molecule has 0 aliphatic heterocycles. The molecule has 0 aromatic carbocycles. The average molecular weight is 152 g/mol. The number of hydrogen-bond donors (Lipinski definition) is 0. The molecule has 0 saturated heterocycles. The van der Waals surface area contributed by atoms with Gasteiger partial charge in [-0.3, -0.25) is 0 Å². The van der Waals surface area contributed by atoms with Crippen LogP contribution in [0.25, 0.3) is 0 Å². The highest BCUT2D eigenvalue weighted by atomic mass is 16.1. The van der Waals surface area contributed by atoms with E-state index in [1.54, 1.807) is 0 Å². The Morgan fingerprint density at radius 3 is 1.64 bits per heavy atom. The molecule has 1 nitrogen and oxygen atoms in total. The van der Waals surface area contributed by atoms with Crippen molar-refractivity contribution in [2.24, 2.45) is 17.8 Å². The lowest BCUT2D eigenvalue weighted by Crippen LogP contribution is -2.16. The van der Waals surface area contributed by atoms with Crippen LogP contribution in [0.1, 0.15) is 38.5 Å². The largest absolute Gasteiger partial charge is 0.303 e. The van der Waals surface area contributed by atoms with Crippen LogP contribution in [-0.4, -0.2) is 6.29 Å². The second-order valence-corrected chi connectivity index (χ2v) is 4.15. The summed E-state index contributed by atoms with van der Waals surface area (Å²) in [7, 11) is 0. The predicted octanol–water partition coefficient (Wildman–Crippen LogP) is 2.40. The van der Waals surface area contributed by atoms with Crippen LogP contribution in [0.4, 0.5) is 0 Å². The van der Waals surface area contributed by atoms with Crippen molar-refractivity contribution in [1.29, 1.82) is 0 Å². The fourth-order valence-electron chi connectivity index (χ4n) is 2.32. The Hall–Kier alpha value is -0.330. The molecule has 0 spiro atoms. The van der Waals surface area contributed by atoms with Crippen molar-refractivity contribution in [3.8, 4) is 0 Å². The lowest BCUT2D eigenvalue weighted by Gasteiger charge is -2.24. The first-order valence-electron chi connectivity index (χ1n) is 4.85. The Labute approximate surface area is 68.2 Å². The van der Waals surface area contributed by atoms with Gasteiger partial charge in [-0.2, -0.15) is 0 Å². The first kappa shape index (κ1) is 7.33. The van der Waals surface area contributed by atoms with Gasteiger partial charge in [-0.25, -0.2) is 0 Å². The summed E-state index contributed by atoms with van der Waals surface area (Å²) in [4.78, 5) is 10.5. The molecule has 0 unspecified atom stereocenters. The Morgan fingerprint density at radius 1 is 0.818 bits per heavy atom. The van der Waals surface area contributed by atoms with Crippen molar-refractivity contribution in [2.75, 3.05) is 0 Å². The van der Waals surface area contributed by atoms with Crippen molar-refractivity contribution < 1.29 is 4.79 Å². The average Bonchev–Trinajstić information content (AvgIpc) is 2.87. The zero-order valence-electron chi connectivity index (χ0n) is 6.96. The van der Waals surface area contributed by atoms with Gasteiger partial charge in [0.05, 0.1) is 0 Å². The van der Waals surface area contributed by atoms with Crippen LogP contribution in [0.5, 0.6) is 0 Å². The Kier molecular flexibility index (Phi) is 1.97. The van der Waals surface area contributed by atoms with Crippen molar-refractivity contribution in [3.05, 3.63) is 0 Å². The van der Waals surface area contributed by atoms with Gasteiger partial charge in [0.25, 0.3) is 0 Å². The fourth-order valence-corrected chi connectivity index (χ4v) is 2.32. The minimum absolute atomic E-state index is 0.407. The highest BCUT2D eigenvalue weighted by molar-refractivity contribution is 5.53. The number of aldehydes is 1. The summed E-state index contributed by atoms with van der Waals surface area (Å²) in [5.41, 5.74) is 0. The van der Waals surface area contributed by atoms with Crippen LogP contribution in [0.2, 0.25) is 0 Å². The molecule has 0 N–H and O–H groups in total. The summed E-state index contributed by atoms with van der Waals surface area (Å²) < 4.78 is 0. The van der Waals surface area contributed by atoms with Crippen molar-refractivity contribution >= 4 is 6.29 Å². The first-order chi connectivity index (χ1) is 5.40. The summed E-state index contributed by atoms with van der Waals surface area (Å²) in [6, 6.07) is 0. The van der Waals surface area contributed by atoms with E-state index >= 15 is 0 Å². The molecular weight excluding hydrogens is 136 g/mol. The van der Waals surface area contributed by atoms with Gasteiger partial charge in [0.15, 0.2) is 0 Å². The van der Waals surface area contributed by atoms with Crippen LogP contribution in [0.15, 0.2) is 0 Å².